The number of carboxylic acids is 1. The molecule has 0 bridgehead atoms. The van der Waals surface area contributed by atoms with Crippen molar-refractivity contribution >= 4 is 29.6 Å². The highest BCUT2D eigenvalue weighted by Gasteiger charge is 2.61. The average molecular weight is 630 g/mol. The number of rotatable bonds is 10. The van der Waals surface area contributed by atoms with Crippen LogP contribution >= 0.6 is 0 Å². The van der Waals surface area contributed by atoms with E-state index in [1.165, 1.54) is 11.0 Å². The molecule has 3 amide bonds. The fourth-order valence-corrected chi connectivity index (χ4v) is 6.63. The van der Waals surface area contributed by atoms with E-state index in [2.05, 4.69) is 22.5 Å². The minimum atomic E-state index is -1.47. The van der Waals surface area contributed by atoms with Gasteiger partial charge in [0.1, 0.15) is 29.4 Å². The minimum absolute atomic E-state index is 0.0208. The highest BCUT2D eigenvalue weighted by atomic mass is 16.7. The van der Waals surface area contributed by atoms with Gasteiger partial charge in [-0.05, 0) is 36.3 Å². The van der Waals surface area contributed by atoms with E-state index < -0.39 is 53.5 Å². The smallest absolute Gasteiger partial charge is 0.428 e. The van der Waals surface area contributed by atoms with Crippen LogP contribution in [0.3, 0.4) is 0 Å². The van der Waals surface area contributed by atoms with Crippen molar-refractivity contribution < 1.29 is 34.0 Å². The van der Waals surface area contributed by atoms with E-state index in [9.17, 15) is 24.3 Å². The molecule has 2 aliphatic heterocycles. The van der Waals surface area contributed by atoms with E-state index in [-0.39, 0.29) is 25.3 Å². The third-order valence-electron chi connectivity index (χ3n) is 9.39. The maximum atomic E-state index is 14.1. The second kappa shape index (κ2) is 12.6. The summed E-state index contributed by atoms with van der Waals surface area (Å²) in [5, 5.41) is 17.1. The molecule has 0 spiro atoms. The third kappa shape index (κ3) is 5.73. The number of carbonyl (C=O) groups excluding carboxylic acids is 3. The van der Waals surface area contributed by atoms with Gasteiger partial charge in [-0.3, -0.25) is 9.59 Å². The Bertz CT molecular complexity index is 1540. The van der Waals surface area contributed by atoms with Gasteiger partial charge in [-0.25, -0.2) is 9.59 Å². The van der Waals surface area contributed by atoms with Gasteiger partial charge in [0.25, 0.3) is 0 Å². The summed E-state index contributed by atoms with van der Waals surface area (Å²) >= 11 is 0. The van der Waals surface area contributed by atoms with Crippen LogP contribution in [0.1, 0.15) is 50.7 Å². The average Bonchev–Trinajstić information content (AvgIpc) is 3.41. The summed E-state index contributed by atoms with van der Waals surface area (Å²) in [5.74, 6) is -2.97. The zero-order chi connectivity index (χ0) is 32.6. The third-order valence-corrected chi connectivity index (χ3v) is 9.39. The Labute approximate surface area is 267 Å². The van der Waals surface area contributed by atoms with Crippen LogP contribution in [0.2, 0.25) is 0 Å². The van der Waals surface area contributed by atoms with Gasteiger partial charge in [0.05, 0.1) is 6.54 Å². The molecule has 0 unspecified atom stereocenters. The molecular weight excluding hydrogens is 590 g/mol. The van der Waals surface area contributed by atoms with Crippen LogP contribution in [-0.2, 0) is 24.1 Å². The molecule has 2 aliphatic carbocycles. The Morgan fingerprint density at radius 2 is 1.63 bits per heavy atom. The maximum absolute atomic E-state index is 14.1. The molecule has 1 saturated carbocycles. The van der Waals surface area contributed by atoms with Crippen LogP contribution in [0.4, 0.5) is 4.79 Å². The van der Waals surface area contributed by atoms with E-state index in [1.807, 2.05) is 48.5 Å². The van der Waals surface area contributed by atoms with Crippen molar-refractivity contribution in [3.8, 4) is 11.1 Å². The van der Waals surface area contributed by atoms with Crippen molar-refractivity contribution in [3.63, 3.8) is 0 Å². The first kappa shape index (κ1) is 31.3. The lowest BCUT2D eigenvalue weighted by Crippen LogP contribution is -2.57. The van der Waals surface area contributed by atoms with Crippen molar-refractivity contribution in [1.82, 2.24) is 20.6 Å². The number of aliphatic carboxylic acids is 1. The molecule has 2 saturated heterocycles. The summed E-state index contributed by atoms with van der Waals surface area (Å²) < 4.78 is 0. The first-order valence-electron chi connectivity index (χ1n) is 15.8. The highest BCUT2D eigenvalue weighted by molar-refractivity contribution is 6.24. The topological polar surface area (TPSA) is 150 Å². The van der Waals surface area contributed by atoms with Crippen molar-refractivity contribution in [2.24, 2.45) is 17.0 Å². The second-order valence-electron chi connectivity index (χ2n) is 12.7. The molecule has 2 aromatic rings. The maximum Gasteiger partial charge on any atom is 0.428 e. The molecule has 5 atom stereocenters. The van der Waals surface area contributed by atoms with Crippen molar-refractivity contribution in [2.45, 2.75) is 63.3 Å². The molecule has 2 aromatic carbocycles. The number of amides is 3. The van der Waals surface area contributed by atoms with Crippen molar-refractivity contribution in [1.29, 1.82) is 0 Å². The van der Waals surface area contributed by atoms with Gasteiger partial charge in [0.2, 0.25) is 11.8 Å². The standard InChI is InChI=1S/C34H39N5O7/c1-4-21-18-34(21,32(42)43)35-30(40)27-17-22(45-37-29-25-13-7-5-11-23(25)24-12-6-8-14-26(24)29)19-39(27)31(41)28(20(2)3)36-46-33(44)38-15-9-10-16-38/h4-8,11-14,20-22,27-28,36H,1,9-10,15-19H2,2-3H3,(H,35,40)(H,42,43)/t21-,22-,27+,28-,34+/m1/s1. The Balaban J connectivity index is 1.24. The van der Waals surface area contributed by atoms with E-state index in [0.717, 1.165) is 35.1 Å². The summed E-state index contributed by atoms with van der Waals surface area (Å²) in [6.07, 6.45) is 2.37. The van der Waals surface area contributed by atoms with E-state index in [1.54, 1.807) is 18.7 Å². The molecule has 6 rings (SSSR count). The van der Waals surface area contributed by atoms with E-state index >= 15 is 0 Å². The molecule has 4 aliphatic rings. The number of hydroxylamine groups is 1. The van der Waals surface area contributed by atoms with Gasteiger partial charge < -0.3 is 29.9 Å². The quantitative estimate of drug-likeness (QED) is 0.228. The van der Waals surface area contributed by atoms with E-state index in [4.69, 9.17) is 9.68 Å². The van der Waals surface area contributed by atoms with Gasteiger partial charge in [0.15, 0.2) is 0 Å². The summed E-state index contributed by atoms with van der Waals surface area (Å²) in [4.78, 5) is 66.9. The van der Waals surface area contributed by atoms with Crippen LogP contribution < -0.4 is 10.8 Å². The lowest BCUT2D eigenvalue weighted by Gasteiger charge is -2.30. The van der Waals surface area contributed by atoms with Crippen molar-refractivity contribution in [2.75, 3.05) is 19.6 Å². The molecule has 0 radical (unpaired) electrons. The molecule has 2 heterocycles. The number of oxime groups is 1. The van der Waals surface area contributed by atoms with E-state index in [0.29, 0.717) is 18.8 Å². The summed E-state index contributed by atoms with van der Waals surface area (Å²) in [5.41, 5.74) is 5.75. The SMILES string of the molecule is C=C[C@@H]1C[C@@]1(NC(=O)[C@@H]1C[C@@H](ON=C2c3ccccc3-c3ccccc32)CN1C(=O)[C@H](NOC(=O)N1CCCC1)C(C)C)C(=O)O. The predicted molar refractivity (Wildman–Crippen MR) is 168 cm³/mol. The van der Waals surface area contributed by atoms with Gasteiger partial charge in [-0.2, -0.15) is 0 Å². The number of likely N-dealkylation sites (tertiary alicyclic amines) is 2. The number of carbonyl (C=O) groups is 4. The molecule has 12 heteroatoms. The number of carboxylic acid groups (broad SMARTS) is 1. The van der Waals surface area contributed by atoms with Gasteiger partial charge in [0, 0.05) is 36.6 Å². The molecule has 0 aromatic heterocycles. The van der Waals surface area contributed by atoms with Gasteiger partial charge in [-0.1, -0.05) is 73.6 Å². The fourth-order valence-electron chi connectivity index (χ4n) is 6.63. The minimum Gasteiger partial charge on any atom is -0.479 e. The number of nitrogens with one attached hydrogen (secondary N) is 2. The summed E-state index contributed by atoms with van der Waals surface area (Å²) in [6, 6.07) is 13.8. The molecule has 3 N–H and O–H groups in total. The first-order valence-corrected chi connectivity index (χ1v) is 15.8. The van der Waals surface area contributed by atoms with Crippen molar-refractivity contribution in [3.05, 3.63) is 72.3 Å². The Morgan fingerprint density at radius 3 is 2.17 bits per heavy atom. The summed E-state index contributed by atoms with van der Waals surface area (Å²) in [7, 11) is 0. The number of nitrogens with zero attached hydrogens (tertiary/aromatic N) is 3. The first-order chi connectivity index (χ1) is 22.1. The normalized spacial score (nSPS) is 25.0. The summed E-state index contributed by atoms with van der Waals surface area (Å²) in [6.45, 7) is 8.49. The van der Waals surface area contributed by atoms with Crippen LogP contribution in [0.15, 0.2) is 66.3 Å². The Kier molecular flexibility index (Phi) is 8.56. The number of benzene rings is 2. The second-order valence-corrected chi connectivity index (χ2v) is 12.7. The van der Waals surface area contributed by atoms with Crippen LogP contribution in [-0.4, -0.2) is 87.9 Å². The van der Waals surface area contributed by atoms with Crippen LogP contribution in [0.25, 0.3) is 11.1 Å². The molecular formula is C34H39N5O7. The Morgan fingerprint density at radius 1 is 1.02 bits per heavy atom. The monoisotopic (exact) mass is 629 g/mol. The molecule has 46 heavy (non-hydrogen) atoms. The number of hydrogen-bond donors (Lipinski definition) is 3. The van der Waals surface area contributed by atoms with Crippen LogP contribution in [0.5, 0.6) is 0 Å². The number of fused-ring (bicyclic) bond motifs is 3. The molecule has 12 nitrogen and oxygen atoms in total. The molecule has 3 fully saturated rings. The fraction of sp³-hybridized carbons (Fsp3) is 0.441. The predicted octanol–water partition coefficient (Wildman–Crippen LogP) is 3.31. The Hall–Kier alpha value is -4.71. The highest BCUT2D eigenvalue weighted by Crippen LogP contribution is 2.45. The lowest BCUT2D eigenvalue weighted by atomic mass is 10.0. The zero-order valence-electron chi connectivity index (χ0n) is 26.0. The number of hydrogen-bond acceptors (Lipinski definition) is 8. The lowest BCUT2D eigenvalue weighted by molar-refractivity contribution is -0.146. The largest absolute Gasteiger partial charge is 0.479 e. The zero-order valence-corrected chi connectivity index (χ0v) is 26.0. The van der Waals surface area contributed by atoms with Gasteiger partial charge in [-0.15, -0.1) is 12.1 Å². The van der Waals surface area contributed by atoms with Crippen LogP contribution in [0, 0.1) is 11.8 Å². The molecule has 242 valence electrons. The van der Waals surface area contributed by atoms with Gasteiger partial charge >= 0.3 is 12.1 Å².